The lowest BCUT2D eigenvalue weighted by Gasteiger charge is -2.25. The summed E-state index contributed by atoms with van der Waals surface area (Å²) in [6, 6.07) is 19.1. The van der Waals surface area contributed by atoms with Crippen molar-refractivity contribution in [1.82, 2.24) is 9.47 Å². The van der Waals surface area contributed by atoms with E-state index in [0.717, 1.165) is 33.3 Å². The minimum atomic E-state index is -1.12. The number of nitrogens with one attached hydrogen (secondary N) is 1. The lowest BCUT2D eigenvalue weighted by Crippen LogP contribution is -2.46. The van der Waals surface area contributed by atoms with Crippen LogP contribution in [-0.2, 0) is 20.9 Å². The molecule has 2 heterocycles. The number of rotatable bonds is 8. The van der Waals surface area contributed by atoms with Crippen LogP contribution in [0.1, 0.15) is 47.9 Å². The van der Waals surface area contributed by atoms with Crippen LogP contribution in [0, 0.1) is 5.92 Å². The maximum atomic E-state index is 13.1. The van der Waals surface area contributed by atoms with Gasteiger partial charge >= 0.3 is 5.97 Å². The maximum absolute atomic E-state index is 13.1. The number of fused-ring (bicyclic) bond motifs is 4. The number of imide groups is 1. The molecule has 0 saturated carbocycles. The van der Waals surface area contributed by atoms with Crippen LogP contribution in [0.25, 0.3) is 21.8 Å². The third-order valence-electron chi connectivity index (χ3n) is 6.82. The number of carbonyl (C=O) groups is 4. The van der Waals surface area contributed by atoms with Gasteiger partial charge in [-0.15, -0.1) is 0 Å². The summed E-state index contributed by atoms with van der Waals surface area (Å²) in [6.45, 7) is 6.14. The van der Waals surface area contributed by atoms with Gasteiger partial charge in [0, 0.05) is 34.0 Å². The molecule has 8 heteroatoms. The first-order chi connectivity index (χ1) is 18.3. The van der Waals surface area contributed by atoms with E-state index in [9.17, 15) is 19.2 Å². The minimum Gasteiger partial charge on any atom is -0.454 e. The molecule has 1 atom stereocenters. The van der Waals surface area contributed by atoms with E-state index in [4.69, 9.17) is 4.74 Å². The molecule has 3 aromatic carbocycles. The molecule has 0 aliphatic carbocycles. The smallest absolute Gasteiger partial charge is 0.329 e. The second-order valence-corrected chi connectivity index (χ2v) is 9.82. The summed E-state index contributed by atoms with van der Waals surface area (Å²) in [4.78, 5) is 52.6. The van der Waals surface area contributed by atoms with Crippen molar-refractivity contribution in [2.24, 2.45) is 5.92 Å². The molecule has 38 heavy (non-hydrogen) atoms. The van der Waals surface area contributed by atoms with Crippen LogP contribution >= 0.6 is 0 Å². The van der Waals surface area contributed by atoms with Gasteiger partial charge in [0.25, 0.3) is 17.7 Å². The van der Waals surface area contributed by atoms with Crippen LogP contribution in [0.2, 0.25) is 0 Å². The third-order valence-corrected chi connectivity index (χ3v) is 6.82. The molecule has 1 N–H and O–H groups in total. The van der Waals surface area contributed by atoms with Crippen molar-refractivity contribution in [3.63, 3.8) is 0 Å². The summed E-state index contributed by atoms with van der Waals surface area (Å²) in [5, 5.41) is 4.89. The molecular weight excluding hydrogens is 482 g/mol. The first-order valence-corrected chi connectivity index (χ1v) is 12.7. The summed E-state index contributed by atoms with van der Waals surface area (Å²) >= 11 is 0. The number of benzene rings is 3. The molecule has 194 valence electrons. The number of carbonyl (C=O) groups excluding carboxylic acids is 4. The zero-order valence-corrected chi connectivity index (χ0v) is 21.6. The van der Waals surface area contributed by atoms with Gasteiger partial charge in [-0.05, 0) is 55.7 Å². The standard InChI is InChI=1S/C30H29N3O5/c1-4-32-24-12-8-7-9-20(24)23-16-19(13-14-25(23)32)31-27(34)17-38-30(37)26(15-18(2)3)33-28(35)21-10-5-6-11-22(21)29(33)36/h5-14,16,18,26H,4,15,17H2,1-3H3,(H,31,34)/t26-/m1/s1. The highest BCUT2D eigenvalue weighted by molar-refractivity contribution is 6.22. The SMILES string of the molecule is CCn1c2ccccc2c2cc(NC(=O)COC(=O)[C@@H](CC(C)C)N3C(=O)c4ccccc4C3=O)ccc21. The second kappa shape index (κ2) is 10.1. The summed E-state index contributed by atoms with van der Waals surface area (Å²) in [5.41, 5.74) is 3.28. The molecule has 1 aliphatic heterocycles. The van der Waals surface area contributed by atoms with E-state index in [-0.39, 0.29) is 23.5 Å². The van der Waals surface area contributed by atoms with Crippen molar-refractivity contribution in [2.45, 2.75) is 39.8 Å². The first-order valence-electron chi connectivity index (χ1n) is 12.7. The fourth-order valence-electron chi connectivity index (χ4n) is 5.15. The summed E-state index contributed by atoms with van der Waals surface area (Å²) in [7, 11) is 0. The van der Waals surface area contributed by atoms with Gasteiger partial charge in [-0.25, -0.2) is 4.79 Å². The van der Waals surface area contributed by atoms with E-state index in [1.54, 1.807) is 24.3 Å². The Bertz CT molecular complexity index is 1550. The number of hydrogen-bond donors (Lipinski definition) is 1. The molecule has 8 nitrogen and oxygen atoms in total. The Morgan fingerprint density at radius 3 is 2.16 bits per heavy atom. The predicted molar refractivity (Wildman–Crippen MR) is 145 cm³/mol. The molecule has 4 aromatic rings. The first kappa shape index (κ1) is 25.2. The predicted octanol–water partition coefficient (Wildman–Crippen LogP) is 5.01. The van der Waals surface area contributed by atoms with Crippen molar-refractivity contribution >= 4 is 51.2 Å². The van der Waals surface area contributed by atoms with Crippen LogP contribution in [-0.4, -0.2) is 45.8 Å². The van der Waals surface area contributed by atoms with E-state index in [2.05, 4.69) is 22.9 Å². The fourth-order valence-corrected chi connectivity index (χ4v) is 5.15. The summed E-state index contributed by atoms with van der Waals surface area (Å²) < 4.78 is 7.54. The Morgan fingerprint density at radius 1 is 0.868 bits per heavy atom. The molecular formula is C30H29N3O5. The molecule has 0 spiro atoms. The molecule has 0 saturated heterocycles. The highest BCUT2D eigenvalue weighted by atomic mass is 16.5. The Kier molecular flexibility index (Phi) is 6.72. The Balaban J connectivity index is 1.30. The normalized spacial score (nSPS) is 13.8. The molecule has 5 rings (SSSR count). The lowest BCUT2D eigenvalue weighted by molar-refractivity contribution is -0.151. The van der Waals surface area contributed by atoms with Crippen molar-refractivity contribution in [3.05, 3.63) is 77.9 Å². The van der Waals surface area contributed by atoms with Gasteiger partial charge in [0.05, 0.1) is 11.1 Å². The third kappa shape index (κ3) is 4.42. The van der Waals surface area contributed by atoms with E-state index in [1.807, 2.05) is 50.2 Å². The molecule has 0 fully saturated rings. The quantitative estimate of drug-likeness (QED) is 0.265. The van der Waals surface area contributed by atoms with Crippen molar-refractivity contribution in [2.75, 3.05) is 11.9 Å². The van der Waals surface area contributed by atoms with Gasteiger partial charge < -0.3 is 14.6 Å². The van der Waals surface area contributed by atoms with Gasteiger partial charge in [0.15, 0.2) is 6.61 Å². The van der Waals surface area contributed by atoms with Crippen molar-refractivity contribution < 1.29 is 23.9 Å². The Morgan fingerprint density at radius 2 is 1.50 bits per heavy atom. The van der Waals surface area contributed by atoms with E-state index < -0.39 is 36.3 Å². The highest BCUT2D eigenvalue weighted by Crippen LogP contribution is 2.31. The van der Waals surface area contributed by atoms with E-state index >= 15 is 0 Å². The number of esters is 1. The largest absolute Gasteiger partial charge is 0.454 e. The number of para-hydroxylation sites is 1. The van der Waals surface area contributed by atoms with Crippen LogP contribution in [0.5, 0.6) is 0 Å². The summed E-state index contributed by atoms with van der Waals surface area (Å²) in [6.07, 6.45) is 0.226. The van der Waals surface area contributed by atoms with Crippen LogP contribution < -0.4 is 5.32 Å². The van der Waals surface area contributed by atoms with Gasteiger partial charge in [-0.3, -0.25) is 19.3 Å². The van der Waals surface area contributed by atoms with Gasteiger partial charge in [0.2, 0.25) is 0 Å². The van der Waals surface area contributed by atoms with Gasteiger partial charge in [-0.2, -0.15) is 0 Å². The Hall–Kier alpha value is -4.46. The molecule has 1 aliphatic rings. The van der Waals surface area contributed by atoms with Crippen molar-refractivity contribution in [3.8, 4) is 0 Å². The van der Waals surface area contributed by atoms with Crippen molar-refractivity contribution in [1.29, 1.82) is 0 Å². The number of aromatic nitrogens is 1. The van der Waals surface area contributed by atoms with E-state index in [0.29, 0.717) is 5.69 Å². The monoisotopic (exact) mass is 511 g/mol. The van der Waals surface area contributed by atoms with Crippen LogP contribution in [0.15, 0.2) is 66.7 Å². The number of nitrogens with zero attached hydrogens (tertiary/aromatic N) is 2. The van der Waals surface area contributed by atoms with E-state index in [1.165, 1.54) is 0 Å². The second-order valence-electron chi connectivity index (χ2n) is 9.82. The van der Waals surface area contributed by atoms with Gasteiger partial charge in [0.1, 0.15) is 6.04 Å². The maximum Gasteiger partial charge on any atom is 0.329 e. The molecule has 1 aromatic heterocycles. The zero-order valence-electron chi connectivity index (χ0n) is 21.6. The number of anilines is 1. The topological polar surface area (TPSA) is 97.7 Å². The Labute approximate surface area is 220 Å². The van der Waals surface area contributed by atoms with Gasteiger partial charge in [-0.1, -0.05) is 44.2 Å². The van der Waals surface area contributed by atoms with Crippen LogP contribution in [0.3, 0.4) is 0 Å². The molecule has 0 unspecified atom stereocenters. The zero-order chi connectivity index (χ0) is 27.0. The average Bonchev–Trinajstić information content (AvgIpc) is 3.36. The summed E-state index contributed by atoms with van der Waals surface area (Å²) in [5.74, 6) is -2.36. The molecule has 0 radical (unpaired) electrons. The number of aryl methyl sites for hydroxylation is 1. The lowest BCUT2D eigenvalue weighted by atomic mass is 10.0. The molecule has 3 amide bonds. The highest BCUT2D eigenvalue weighted by Gasteiger charge is 2.43. The van der Waals surface area contributed by atoms with Crippen LogP contribution in [0.4, 0.5) is 5.69 Å². The fraction of sp³-hybridized carbons (Fsp3) is 0.267. The number of amides is 3. The average molecular weight is 512 g/mol. The number of ether oxygens (including phenoxy) is 1. The number of hydrogen-bond acceptors (Lipinski definition) is 5. The molecule has 0 bridgehead atoms. The minimum absolute atomic E-state index is 0.00247.